The van der Waals surface area contributed by atoms with E-state index in [1.165, 1.54) is 12.8 Å². The van der Waals surface area contributed by atoms with Crippen LogP contribution in [0.25, 0.3) is 0 Å². The summed E-state index contributed by atoms with van der Waals surface area (Å²) < 4.78 is 0. The Morgan fingerprint density at radius 1 is 1.56 bits per heavy atom. The van der Waals surface area contributed by atoms with E-state index in [1.807, 2.05) is 6.08 Å². The van der Waals surface area contributed by atoms with Crippen molar-refractivity contribution in [2.24, 2.45) is 11.7 Å². The molecule has 0 aromatic heterocycles. The molecule has 0 aromatic rings. The Morgan fingerprint density at radius 2 is 2.22 bits per heavy atom. The third kappa shape index (κ3) is 5.57. The molecule has 0 saturated carbocycles. The largest absolute Gasteiger partial charge is 0.327 e. The van der Waals surface area contributed by atoms with Crippen molar-refractivity contribution in [1.29, 1.82) is 0 Å². The molecule has 0 radical (unpaired) electrons. The summed E-state index contributed by atoms with van der Waals surface area (Å²) in [5.41, 5.74) is 5.29. The smallest absolute Gasteiger partial charge is 0.0106 e. The van der Waals surface area contributed by atoms with Gasteiger partial charge < -0.3 is 5.73 Å². The predicted molar refractivity (Wildman–Crippen MR) is 42.3 cm³/mol. The van der Waals surface area contributed by atoms with Crippen LogP contribution in [0.1, 0.15) is 26.7 Å². The number of hydrogen-bond donors (Lipinski definition) is 1. The Morgan fingerprint density at radius 3 is 2.67 bits per heavy atom. The van der Waals surface area contributed by atoms with Crippen LogP contribution in [0.15, 0.2) is 12.2 Å². The zero-order chi connectivity index (χ0) is 7.11. The van der Waals surface area contributed by atoms with Gasteiger partial charge in [0, 0.05) is 6.54 Å². The zero-order valence-electron chi connectivity index (χ0n) is 6.43. The van der Waals surface area contributed by atoms with Crippen LogP contribution in [0.5, 0.6) is 0 Å². The highest BCUT2D eigenvalue weighted by Crippen LogP contribution is 2.05. The lowest BCUT2D eigenvalue weighted by Crippen LogP contribution is -1.95. The van der Waals surface area contributed by atoms with Gasteiger partial charge in [0.15, 0.2) is 0 Å². The average molecular weight is 127 g/mol. The normalized spacial score (nSPS) is 14.6. The summed E-state index contributed by atoms with van der Waals surface area (Å²) in [6, 6.07) is 0. The molecule has 0 fully saturated rings. The summed E-state index contributed by atoms with van der Waals surface area (Å²) in [4.78, 5) is 0. The lowest BCUT2D eigenvalue weighted by Gasteiger charge is -2.00. The van der Waals surface area contributed by atoms with Crippen molar-refractivity contribution in [1.82, 2.24) is 0 Å². The zero-order valence-corrected chi connectivity index (χ0v) is 6.43. The number of allylic oxidation sites excluding steroid dienone is 1. The maximum atomic E-state index is 5.29. The second-order valence-electron chi connectivity index (χ2n) is 2.43. The summed E-state index contributed by atoms with van der Waals surface area (Å²) in [5.74, 6) is 0.707. The van der Waals surface area contributed by atoms with Gasteiger partial charge in [-0.2, -0.15) is 0 Å². The number of rotatable bonds is 4. The van der Waals surface area contributed by atoms with Crippen molar-refractivity contribution in [3.63, 3.8) is 0 Å². The summed E-state index contributed by atoms with van der Waals surface area (Å²) in [7, 11) is 0. The van der Waals surface area contributed by atoms with E-state index in [0.717, 1.165) is 0 Å². The molecule has 0 spiro atoms. The van der Waals surface area contributed by atoms with Crippen molar-refractivity contribution in [2.45, 2.75) is 26.7 Å². The van der Waals surface area contributed by atoms with Crippen LogP contribution in [-0.4, -0.2) is 6.54 Å². The van der Waals surface area contributed by atoms with Gasteiger partial charge in [0.1, 0.15) is 0 Å². The van der Waals surface area contributed by atoms with Crippen LogP contribution in [0.4, 0.5) is 0 Å². The first-order chi connectivity index (χ1) is 4.31. The van der Waals surface area contributed by atoms with Gasteiger partial charge in [-0.05, 0) is 12.3 Å². The van der Waals surface area contributed by atoms with Crippen molar-refractivity contribution in [3.05, 3.63) is 12.2 Å². The molecule has 0 aliphatic carbocycles. The second-order valence-corrected chi connectivity index (χ2v) is 2.43. The average Bonchev–Trinajstić information content (AvgIpc) is 1.85. The maximum Gasteiger partial charge on any atom is 0.0106 e. The molecule has 1 unspecified atom stereocenters. The molecule has 1 heteroatoms. The highest BCUT2D eigenvalue weighted by Gasteiger charge is 1.91. The van der Waals surface area contributed by atoms with Gasteiger partial charge >= 0.3 is 0 Å². The molecule has 0 rings (SSSR count). The second kappa shape index (κ2) is 5.83. The van der Waals surface area contributed by atoms with Gasteiger partial charge in [0.05, 0.1) is 0 Å². The summed E-state index contributed by atoms with van der Waals surface area (Å²) in [6.45, 7) is 5.09. The lowest BCUT2D eigenvalue weighted by molar-refractivity contribution is 0.633. The van der Waals surface area contributed by atoms with Gasteiger partial charge in [-0.1, -0.05) is 32.4 Å². The van der Waals surface area contributed by atoms with E-state index in [9.17, 15) is 0 Å². The number of hydrogen-bond acceptors (Lipinski definition) is 1. The van der Waals surface area contributed by atoms with Crippen molar-refractivity contribution in [3.8, 4) is 0 Å². The third-order valence-electron chi connectivity index (χ3n) is 1.34. The van der Waals surface area contributed by atoms with Gasteiger partial charge in [0.25, 0.3) is 0 Å². The van der Waals surface area contributed by atoms with Gasteiger partial charge in [0.2, 0.25) is 0 Å². The highest BCUT2D eigenvalue weighted by atomic mass is 14.5. The minimum Gasteiger partial charge on any atom is -0.327 e. The third-order valence-corrected chi connectivity index (χ3v) is 1.34. The monoisotopic (exact) mass is 127 g/mol. The predicted octanol–water partition coefficient (Wildman–Crippen LogP) is 1.94. The Kier molecular flexibility index (Phi) is 5.64. The molecule has 0 amide bonds. The Hall–Kier alpha value is -0.300. The summed E-state index contributed by atoms with van der Waals surface area (Å²) in [5, 5.41) is 0. The van der Waals surface area contributed by atoms with Crippen LogP contribution >= 0.6 is 0 Å². The van der Waals surface area contributed by atoms with E-state index in [-0.39, 0.29) is 0 Å². The first kappa shape index (κ1) is 8.70. The van der Waals surface area contributed by atoms with Crippen LogP contribution < -0.4 is 5.73 Å². The Bertz CT molecular complexity index is 76.6. The summed E-state index contributed by atoms with van der Waals surface area (Å²) >= 11 is 0. The van der Waals surface area contributed by atoms with Crippen LogP contribution in [0.3, 0.4) is 0 Å². The minimum atomic E-state index is 0.675. The molecule has 0 heterocycles. The Labute approximate surface area is 57.9 Å². The molecule has 54 valence electrons. The number of nitrogens with two attached hydrogens (primary N) is 1. The van der Waals surface area contributed by atoms with Crippen molar-refractivity contribution in [2.75, 3.05) is 6.54 Å². The van der Waals surface area contributed by atoms with E-state index in [1.54, 1.807) is 0 Å². The molecule has 0 aliphatic rings. The summed E-state index contributed by atoms with van der Waals surface area (Å²) in [6.07, 6.45) is 6.75. The Balaban J connectivity index is 3.25. The van der Waals surface area contributed by atoms with E-state index >= 15 is 0 Å². The first-order valence-corrected chi connectivity index (χ1v) is 3.68. The molecule has 0 bridgehead atoms. The van der Waals surface area contributed by atoms with Crippen LogP contribution in [-0.2, 0) is 0 Å². The quantitative estimate of drug-likeness (QED) is 0.574. The fourth-order valence-electron chi connectivity index (χ4n) is 0.862. The maximum absolute atomic E-state index is 5.29. The molecular weight excluding hydrogens is 110 g/mol. The van der Waals surface area contributed by atoms with Gasteiger partial charge in [-0.15, -0.1) is 0 Å². The molecule has 0 aromatic carbocycles. The van der Waals surface area contributed by atoms with Crippen molar-refractivity contribution < 1.29 is 0 Å². The van der Waals surface area contributed by atoms with E-state index in [0.29, 0.717) is 12.5 Å². The topological polar surface area (TPSA) is 26.0 Å². The molecule has 1 nitrogen and oxygen atoms in total. The highest BCUT2D eigenvalue weighted by molar-refractivity contribution is 4.86. The SMILES string of the molecule is CCCC(C)/C=C/CN. The van der Waals surface area contributed by atoms with Crippen LogP contribution in [0, 0.1) is 5.92 Å². The molecule has 2 N–H and O–H groups in total. The van der Waals surface area contributed by atoms with Gasteiger partial charge in [-0.3, -0.25) is 0 Å². The molecule has 0 saturated heterocycles. The molecule has 0 aliphatic heterocycles. The molecule has 9 heavy (non-hydrogen) atoms. The minimum absolute atomic E-state index is 0.675. The first-order valence-electron chi connectivity index (χ1n) is 3.68. The fraction of sp³-hybridized carbons (Fsp3) is 0.750. The fourth-order valence-corrected chi connectivity index (χ4v) is 0.862. The van der Waals surface area contributed by atoms with Gasteiger partial charge in [-0.25, -0.2) is 0 Å². The van der Waals surface area contributed by atoms with E-state index in [4.69, 9.17) is 5.73 Å². The van der Waals surface area contributed by atoms with E-state index < -0.39 is 0 Å². The molecular formula is C8H17N. The van der Waals surface area contributed by atoms with E-state index in [2.05, 4.69) is 19.9 Å². The standard InChI is InChI=1S/C8H17N/c1-3-5-8(2)6-4-7-9/h4,6,8H,3,5,7,9H2,1-2H3/b6-4+. The van der Waals surface area contributed by atoms with Crippen molar-refractivity contribution >= 4 is 0 Å². The van der Waals surface area contributed by atoms with Crippen LogP contribution in [0.2, 0.25) is 0 Å². The lowest BCUT2D eigenvalue weighted by atomic mass is 10.1. The molecule has 1 atom stereocenters.